The van der Waals surface area contributed by atoms with Gasteiger partial charge >= 0.3 is 0 Å². The molecule has 0 fully saturated rings. The molecule has 4 nitrogen and oxygen atoms in total. The second-order valence-corrected chi connectivity index (χ2v) is 7.37. The van der Waals surface area contributed by atoms with E-state index >= 15 is 0 Å². The Balaban J connectivity index is 1.91. The summed E-state index contributed by atoms with van der Waals surface area (Å²) >= 11 is 0. The molecule has 0 aliphatic rings. The summed E-state index contributed by atoms with van der Waals surface area (Å²) in [6, 6.07) is 23.1. The van der Waals surface area contributed by atoms with Crippen LogP contribution in [0, 0.1) is 18.3 Å². The molecule has 1 N–H and O–H groups in total. The Hall–Kier alpha value is -3.10. The minimum absolute atomic E-state index is 0.218. The number of benzene rings is 3. The van der Waals surface area contributed by atoms with Crippen LogP contribution in [0.2, 0.25) is 0 Å². The van der Waals surface area contributed by atoms with Gasteiger partial charge in [0.05, 0.1) is 16.5 Å². The first kappa shape index (κ1) is 16.7. The van der Waals surface area contributed by atoms with E-state index in [1.807, 2.05) is 19.1 Å². The van der Waals surface area contributed by atoms with Gasteiger partial charge in [-0.15, -0.1) is 0 Å². The van der Waals surface area contributed by atoms with Crippen LogP contribution in [0.25, 0.3) is 11.1 Å². The molecule has 0 saturated carbocycles. The van der Waals surface area contributed by atoms with E-state index in [1.54, 1.807) is 60.7 Å². The predicted molar refractivity (Wildman–Crippen MR) is 98.6 cm³/mol. The highest BCUT2D eigenvalue weighted by molar-refractivity contribution is 7.92. The lowest BCUT2D eigenvalue weighted by atomic mass is 10.0. The number of aryl methyl sites for hydroxylation is 1. The second-order valence-electron chi connectivity index (χ2n) is 5.69. The van der Waals surface area contributed by atoms with Gasteiger partial charge in [0.15, 0.2) is 0 Å². The maximum atomic E-state index is 12.5. The molecule has 3 aromatic rings. The van der Waals surface area contributed by atoms with Crippen molar-refractivity contribution in [3.05, 3.63) is 83.9 Å². The number of hydrogen-bond donors (Lipinski definition) is 1. The monoisotopic (exact) mass is 348 g/mol. The fraction of sp³-hybridized carbons (Fsp3) is 0.0500. The summed E-state index contributed by atoms with van der Waals surface area (Å²) in [5.41, 5.74) is 3.72. The molecular weight excluding hydrogens is 332 g/mol. The molecule has 0 atom stereocenters. The molecule has 0 bridgehead atoms. The topological polar surface area (TPSA) is 70.0 Å². The standard InChI is InChI=1S/C20H16N2O2S/c1-15-8-10-20(11-9-15)25(23,24)22-19-7-3-6-18(13-19)17-5-2-4-16(12-17)14-21/h2-13,22H,1H3. The lowest BCUT2D eigenvalue weighted by Gasteiger charge is -2.10. The van der Waals surface area contributed by atoms with E-state index in [-0.39, 0.29) is 4.90 Å². The van der Waals surface area contributed by atoms with Crippen LogP contribution >= 0.6 is 0 Å². The van der Waals surface area contributed by atoms with Gasteiger partial charge in [-0.1, -0.05) is 42.0 Å². The Kier molecular flexibility index (Phi) is 4.55. The van der Waals surface area contributed by atoms with Gasteiger partial charge in [-0.05, 0) is 54.4 Å². The zero-order chi connectivity index (χ0) is 17.9. The Morgan fingerprint density at radius 3 is 2.20 bits per heavy atom. The summed E-state index contributed by atoms with van der Waals surface area (Å²) < 4.78 is 27.6. The fourth-order valence-electron chi connectivity index (χ4n) is 2.46. The summed E-state index contributed by atoms with van der Waals surface area (Å²) in [6.45, 7) is 1.91. The van der Waals surface area contributed by atoms with E-state index in [1.165, 1.54) is 0 Å². The molecule has 3 aromatic carbocycles. The minimum Gasteiger partial charge on any atom is -0.280 e. The minimum atomic E-state index is -3.64. The predicted octanol–water partition coefficient (Wildman–Crippen LogP) is 4.33. The van der Waals surface area contributed by atoms with Gasteiger partial charge in [-0.25, -0.2) is 8.42 Å². The normalized spacial score (nSPS) is 10.9. The Morgan fingerprint density at radius 2 is 1.52 bits per heavy atom. The van der Waals surface area contributed by atoms with Crippen LogP contribution in [0.4, 0.5) is 5.69 Å². The van der Waals surface area contributed by atoms with Gasteiger partial charge in [0.25, 0.3) is 10.0 Å². The van der Waals surface area contributed by atoms with Crippen LogP contribution in [-0.2, 0) is 10.0 Å². The zero-order valence-electron chi connectivity index (χ0n) is 13.6. The molecule has 0 unspecified atom stereocenters. The van der Waals surface area contributed by atoms with Crippen LogP contribution in [0.1, 0.15) is 11.1 Å². The lowest BCUT2D eigenvalue weighted by molar-refractivity contribution is 0.601. The number of sulfonamides is 1. The zero-order valence-corrected chi connectivity index (χ0v) is 14.4. The van der Waals surface area contributed by atoms with E-state index in [0.29, 0.717) is 11.3 Å². The number of rotatable bonds is 4. The fourth-order valence-corrected chi connectivity index (χ4v) is 3.51. The molecule has 3 rings (SSSR count). The summed E-state index contributed by atoms with van der Waals surface area (Å²) in [7, 11) is -3.64. The van der Waals surface area contributed by atoms with E-state index in [9.17, 15) is 8.42 Å². The smallest absolute Gasteiger partial charge is 0.261 e. The van der Waals surface area contributed by atoms with Gasteiger partial charge in [-0.3, -0.25) is 4.72 Å². The average Bonchev–Trinajstić information content (AvgIpc) is 2.62. The van der Waals surface area contributed by atoms with Crippen LogP contribution < -0.4 is 4.72 Å². The first-order valence-electron chi connectivity index (χ1n) is 7.68. The van der Waals surface area contributed by atoms with Crippen LogP contribution in [0.3, 0.4) is 0 Å². The highest BCUT2D eigenvalue weighted by Gasteiger charge is 2.14. The van der Waals surface area contributed by atoms with Gasteiger partial charge in [0.2, 0.25) is 0 Å². The highest BCUT2D eigenvalue weighted by atomic mass is 32.2. The average molecular weight is 348 g/mol. The van der Waals surface area contributed by atoms with Crippen molar-refractivity contribution in [1.29, 1.82) is 5.26 Å². The van der Waals surface area contributed by atoms with Crippen molar-refractivity contribution < 1.29 is 8.42 Å². The third-order valence-corrected chi connectivity index (χ3v) is 5.17. The molecule has 0 radical (unpaired) electrons. The van der Waals surface area contributed by atoms with Crippen LogP contribution in [0.5, 0.6) is 0 Å². The molecule has 5 heteroatoms. The van der Waals surface area contributed by atoms with Gasteiger partial charge in [0, 0.05) is 5.69 Å². The molecule has 0 aliphatic carbocycles. The number of nitrogens with zero attached hydrogens (tertiary/aromatic N) is 1. The summed E-state index contributed by atoms with van der Waals surface area (Å²) in [4.78, 5) is 0.218. The van der Waals surface area contributed by atoms with Crippen LogP contribution in [0.15, 0.2) is 77.7 Å². The first-order chi connectivity index (χ1) is 12.0. The first-order valence-corrected chi connectivity index (χ1v) is 9.16. The van der Waals surface area contributed by atoms with Gasteiger partial charge < -0.3 is 0 Å². The maximum Gasteiger partial charge on any atom is 0.261 e. The summed E-state index contributed by atoms with van der Waals surface area (Å²) in [5.74, 6) is 0. The van der Waals surface area contributed by atoms with Crippen molar-refractivity contribution >= 4 is 15.7 Å². The maximum absolute atomic E-state index is 12.5. The lowest BCUT2D eigenvalue weighted by Crippen LogP contribution is -2.12. The second kappa shape index (κ2) is 6.80. The van der Waals surface area contributed by atoms with E-state index in [0.717, 1.165) is 16.7 Å². The molecular formula is C20H16N2O2S. The van der Waals surface area contributed by atoms with Gasteiger partial charge in [0.1, 0.15) is 0 Å². The summed E-state index contributed by atoms with van der Waals surface area (Å²) in [6.07, 6.45) is 0. The SMILES string of the molecule is Cc1ccc(S(=O)(=O)Nc2cccc(-c3cccc(C#N)c3)c2)cc1. The molecule has 0 aliphatic heterocycles. The molecule has 0 saturated heterocycles. The Bertz CT molecular complexity index is 1050. The van der Waals surface area contributed by atoms with Crippen molar-refractivity contribution in [3.8, 4) is 17.2 Å². The molecule has 0 spiro atoms. The van der Waals surface area contributed by atoms with Crippen molar-refractivity contribution in [2.75, 3.05) is 4.72 Å². The number of hydrogen-bond acceptors (Lipinski definition) is 3. The van der Waals surface area contributed by atoms with Gasteiger partial charge in [-0.2, -0.15) is 5.26 Å². The van der Waals surface area contributed by atoms with Crippen molar-refractivity contribution in [2.45, 2.75) is 11.8 Å². The van der Waals surface area contributed by atoms with E-state index < -0.39 is 10.0 Å². The Morgan fingerprint density at radius 1 is 0.880 bits per heavy atom. The van der Waals surface area contributed by atoms with Crippen LogP contribution in [-0.4, -0.2) is 8.42 Å². The number of nitriles is 1. The third kappa shape index (κ3) is 3.87. The van der Waals surface area contributed by atoms with E-state index in [4.69, 9.17) is 5.26 Å². The third-order valence-electron chi connectivity index (χ3n) is 3.77. The molecule has 124 valence electrons. The van der Waals surface area contributed by atoms with Crippen molar-refractivity contribution in [1.82, 2.24) is 0 Å². The molecule has 0 amide bonds. The molecule has 0 heterocycles. The molecule has 25 heavy (non-hydrogen) atoms. The van der Waals surface area contributed by atoms with E-state index in [2.05, 4.69) is 10.8 Å². The quantitative estimate of drug-likeness (QED) is 0.763. The van der Waals surface area contributed by atoms with Crippen molar-refractivity contribution in [2.24, 2.45) is 0 Å². The van der Waals surface area contributed by atoms with Crippen molar-refractivity contribution in [3.63, 3.8) is 0 Å². The Labute approximate surface area is 147 Å². The summed E-state index contributed by atoms with van der Waals surface area (Å²) in [5, 5.41) is 9.02. The number of anilines is 1. The largest absolute Gasteiger partial charge is 0.280 e. The highest BCUT2D eigenvalue weighted by Crippen LogP contribution is 2.25. The molecule has 0 aromatic heterocycles. The number of nitrogens with one attached hydrogen (secondary N) is 1.